The first-order chi connectivity index (χ1) is 11.2. The third-order valence-electron chi connectivity index (χ3n) is 4.18. The lowest BCUT2D eigenvalue weighted by Crippen LogP contribution is -2.35. The number of aromatic nitrogens is 2. The van der Waals surface area contributed by atoms with Gasteiger partial charge < -0.3 is 15.3 Å². The predicted molar refractivity (Wildman–Crippen MR) is 88.9 cm³/mol. The van der Waals surface area contributed by atoms with E-state index in [-0.39, 0.29) is 5.69 Å². The Morgan fingerprint density at radius 2 is 1.96 bits per heavy atom. The van der Waals surface area contributed by atoms with E-state index in [9.17, 15) is 4.79 Å². The fraction of sp³-hybridized carbons (Fsp3) is 0.353. The molecule has 2 aromatic heterocycles. The van der Waals surface area contributed by atoms with E-state index in [1.165, 1.54) is 11.8 Å². The molecule has 2 aromatic rings. The number of nitrogens with zero attached hydrogens (tertiary/aromatic N) is 3. The van der Waals surface area contributed by atoms with Crippen LogP contribution in [-0.2, 0) is 0 Å². The number of carboxylic acid groups (broad SMARTS) is 1. The molecule has 1 fully saturated rings. The SMILES string of the molecule is O=C(O)c1cccc(NCC2CCN(c3ccncc3)CC2)n1. The largest absolute Gasteiger partial charge is 0.477 e. The molecular formula is C17H20N4O2. The van der Waals surface area contributed by atoms with Gasteiger partial charge in [0.2, 0.25) is 0 Å². The summed E-state index contributed by atoms with van der Waals surface area (Å²) >= 11 is 0. The third kappa shape index (κ3) is 3.97. The van der Waals surface area contributed by atoms with Gasteiger partial charge >= 0.3 is 5.97 Å². The van der Waals surface area contributed by atoms with E-state index in [0.29, 0.717) is 11.7 Å². The minimum atomic E-state index is -1.00. The number of aromatic carboxylic acids is 1. The van der Waals surface area contributed by atoms with Gasteiger partial charge in [0, 0.05) is 37.7 Å². The second-order valence-electron chi connectivity index (χ2n) is 5.73. The molecule has 0 spiro atoms. The lowest BCUT2D eigenvalue weighted by Gasteiger charge is -2.33. The van der Waals surface area contributed by atoms with Crippen molar-refractivity contribution >= 4 is 17.5 Å². The number of carboxylic acids is 1. The van der Waals surface area contributed by atoms with Crippen LogP contribution in [0.1, 0.15) is 23.3 Å². The lowest BCUT2D eigenvalue weighted by atomic mass is 9.96. The molecule has 23 heavy (non-hydrogen) atoms. The maximum Gasteiger partial charge on any atom is 0.354 e. The van der Waals surface area contributed by atoms with E-state index in [1.807, 2.05) is 24.5 Å². The van der Waals surface area contributed by atoms with Gasteiger partial charge in [-0.2, -0.15) is 0 Å². The molecule has 120 valence electrons. The van der Waals surface area contributed by atoms with Crippen molar-refractivity contribution in [1.82, 2.24) is 9.97 Å². The highest BCUT2D eigenvalue weighted by molar-refractivity contribution is 5.85. The van der Waals surface area contributed by atoms with Gasteiger partial charge in [0.25, 0.3) is 0 Å². The molecule has 0 atom stereocenters. The Labute approximate surface area is 135 Å². The Morgan fingerprint density at radius 1 is 1.22 bits per heavy atom. The number of pyridine rings is 2. The highest BCUT2D eigenvalue weighted by atomic mass is 16.4. The van der Waals surface area contributed by atoms with Crippen LogP contribution in [0.2, 0.25) is 0 Å². The van der Waals surface area contributed by atoms with Crippen molar-refractivity contribution in [2.75, 3.05) is 29.9 Å². The Kier molecular flexibility index (Phi) is 4.71. The molecule has 0 aliphatic carbocycles. The Balaban J connectivity index is 1.49. The van der Waals surface area contributed by atoms with E-state index in [4.69, 9.17) is 5.11 Å². The van der Waals surface area contributed by atoms with Crippen molar-refractivity contribution in [2.24, 2.45) is 5.92 Å². The van der Waals surface area contributed by atoms with Gasteiger partial charge in [-0.15, -0.1) is 0 Å². The first-order valence-corrected chi connectivity index (χ1v) is 7.81. The summed E-state index contributed by atoms with van der Waals surface area (Å²) in [6.07, 6.45) is 5.86. The van der Waals surface area contributed by atoms with Crippen LogP contribution in [0.15, 0.2) is 42.7 Å². The topological polar surface area (TPSA) is 78.4 Å². The summed E-state index contributed by atoms with van der Waals surface area (Å²) in [4.78, 5) is 21.4. The fourth-order valence-electron chi connectivity index (χ4n) is 2.85. The molecule has 0 radical (unpaired) electrons. The Bertz CT molecular complexity index is 655. The van der Waals surface area contributed by atoms with Crippen molar-refractivity contribution in [3.05, 3.63) is 48.4 Å². The molecule has 0 unspecified atom stereocenters. The van der Waals surface area contributed by atoms with Crippen LogP contribution in [0, 0.1) is 5.92 Å². The van der Waals surface area contributed by atoms with Crippen molar-refractivity contribution in [2.45, 2.75) is 12.8 Å². The maximum absolute atomic E-state index is 10.9. The number of piperidine rings is 1. The summed E-state index contributed by atoms with van der Waals surface area (Å²) in [7, 11) is 0. The second kappa shape index (κ2) is 7.09. The Morgan fingerprint density at radius 3 is 2.65 bits per heavy atom. The van der Waals surface area contributed by atoms with Crippen LogP contribution >= 0.6 is 0 Å². The molecule has 6 heteroatoms. The van der Waals surface area contributed by atoms with E-state index < -0.39 is 5.97 Å². The first kappa shape index (κ1) is 15.3. The average molecular weight is 312 g/mol. The van der Waals surface area contributed by atoms with Crippen LogP contribution in [0.25, 0.3) is 0 Å². The summed E-state index contributed by atoms with van der Waals surface area (Å²) in [6, 6.07) is 9.10. The van der Waals surface area contributed by atoms with E-state index in [1.54, 1.807) is 12.1 Å². The van der Waals surface area contributed by atoms with Gasteiger partial charge in [-0.1, -0.05) is 6.07 Å². The maximum atomic E-state index is 10.9. The monoisotopic (exact) mass is 312 g/mol. The zero-order valence-corrected chi connectivity index (χ0v) is 12.9. The number of carbonyl (C=O) groups is 1. The van der Waals surface area contributed by atoms with Crippen molar-refractivity contribution in [1.29, 1.82) is 0 Å². The number of hydrogen-bond acceptors (Lipinski definition) is 5. The Hall–Kier alpha value is -2.63. The van der Waals surface area contributed by atoms with E-state index in [2.05, 4.69) is 20.2 Å². The molecule has 0 amide bonds. The molecule has 6 nitrogen and oxygen atoms in total. The van der Waals surface area contributed by atoms with Gasteiger partial charge in [0.1, 0.15) is 5.82 Å². The summed E-state index contributed by atoms with van der Waals surface area (Å²) in [5.41, 5.74) is 1.30. The molecular weight excluding hydrogens is 292 g/mol. The minimum Gasteiger partial charge on any atom is -0.477 e. The van der Waals surface area contributed by atoms with Gasteiger partial charge in [-0.25, -0.2) is 9.78 Å². The second-order valence-corrected chi connectivity index (χ2v) is 5.73. The smallest absolute Gasteiger partial charge is 0.354 e. The third-order valence-corrected chi connectivity index (χ3v) is 4.18. The van der Waals surface area contributed by atoms with Crippen molar-refractivity contribution in [3.8, 4) is 0 Å². The van der Waals surface area contributed by atoms with E-state index in [0.717, 1.165) is 32.5 Å². The summed E-state index contributed by atoms with van der Waals surface area (Å²) in [6.45, 7) is 2.87. The lowest BCUT2D eigenvalue weighted by molar-refractivity contribution is 0.0690. The minimum absolute atomic E-state index is 0.0718. The summed E-state index contributed by atoms with van der Waals surface area (Å²) in [5, 5.41) is 12.2. The highest BCUT2D eigenvalue weighted by Crippen LogP contribution is 2.22. The normalized spacial score (nSPS) is 15.4. The van der Waals surface area contributed by atoms with Crippen molar-refractivity contribution in [3.63, 3.8) is 0 Å². The molecule has 0 aromatic carbocycles. The predicted octanol–water partition coefficient (Wildman–Crippen LogP) is 2.50. The standard InChI is InChI=1S/C17H20N4O2/c22-17(23)15-2-1-3-16(20-15)19-12-13-6-10-21(11-7-13)14-4-8-18-9-5-14/h1-5,8-9,13H,6-7,10-12H2,(H,19,20)(H,22,23). The quantitative estimate of drug-likeness (QED) is 0.883. The zero-order valence-electron chi connectivity index (χ0n) is 12.9. The summed E-state index contributed by atoms with van der Waals surface area (Å²) in [5.74, 6) is 0.198. The molecule has 2 N–H and O–H groups in total. The number of hydrogen-bond donors (Lipinski definition) is 2. The van der Waals surface area contributed by atoms with Gasteiger partial charge in [-0.05, 0) is 43.0 Å². The molecule has 3 heterocycles. The average Bonchev–Trinajstić information content (AvgIpc) is 2.61. The number of anilines is 2. The van der Waals surface area contributed by atoms with Crippen LogP contribution in [-0.4, -0.2) is 40.7 Å². The van der Waals surface area contributed by atoms with Gasteiger partial charge in [0.05, 0.1) is 0 Å². The molecule has 1 saturated heterocycles. The number of nitrogens with one attached hydrogen (secondary N) is 1. The molecule has 0 bridgehead atoms. The highest BCUT2D eigenvalue weighted by Gasteiger charge is 2.19. The fourth-order valence-corrected chi connectivity index (χ4v) is 2.85. The molecule has 1 aliphatic rings. The van der Waals surface area contributed by atoms with Crippen LogP contribution < -0.4 is 10.2 Å². The molecule has 0 saturated carbocycles. The number of rotatable bonds is 5. The van der Waals surface area contributed by atoms with E-state index >= 15 is 0 Å². The zero-order chi connectivity index (χ0) is 16.1. The van der Waals surface area contributed by atoms with Crippen LogP contribution in [0.5, 0.6) is 0 Å². The summed E-state index contributed by atoms with van der Waals surface area (Å²) < 4.78 is 0. The van der Waals surface area contributed by atoms with Crippen molar-refractivity contribution < 1.29 is 9.90 Å². The van der Waals surface area contributed by atoms with Crippen LogP contribution in [0.3, 0.4) is 0 Å². The van der Waals surface area contributed by atoms with Crippen LogP contribution in [0.4, 0.5) is 11.5 Å². The first-order valence-electron chi connectivity index (χ1n) is 7.81. The van der Waals surface area contributed by atoms with Gasteiger partial charge in [-0.3, -0.25) is 4.98 Å². The van der Waals surface area contributed by atoms with Gasteiger partial charge in [0.15, 0.2) is 5.69 Å². The molecule has 3 rings (SSSR count). The molecule has 1 aliphatic heterocycles.